The maximum absolute atomic E-state index is 4.10. The van der Waals surface area contributed by atoms with Crippen LogP contribution in [0, 0.1) is 3.57 Å². The molecule has 0 aliphatic rings. The fraction of sp³-hybridized carbons (Fsp3) is 0.312. The molecule has 3 heteroatoms. The Kier molecular flexibility index (Phi) is 5.34. The Bertz CT molecular complexity index is 513. The minimum absolute atomic E-state index is 0.335. The van der Waals surface area contributed by atoms with Crippen molar-refractivity contribution in [2.75, 3.05) is 6.54 Å². The Morgan fingerprint density at radius 1 is 1.16 bits per heavy atom. The molecule has 2 rings (SSSR count). The molecule has 0 spiro atoms. The number of halogens is 1. The third kappa shape index (κ3) is 3.76. The molecule has 2 unspecified atom stereocenters. The zero-order chi connectivity index (χ0) is 13.7. The van der Waals surface area contributed by atoms with Gasteiger partial charge in [-0.25, -0.2) is 0 Å². The second kappa shape index (κ2) is 7.01. The predicted octanol–water partition coefficient (Wildman–Crippen LogP) is 4.14. The number of hydrogen-bond donors (Lipinski definition) is 1. The summed E-state index contributed by atoms with van der Waals surface area (Å²) in [4.78, 5) is 4.10. The molecule has 1 N–H and O–H groups in total. The van der Waals surface area contributed by atoms with Gasteiger partial charge in [-0.05, 0) is 64.5 Å². The van der Waals surface area contributed by atoms with E-state index in [1.165, 1.54) is 14.7 Å². The molecule has 0 amide bonds. The number of likely N-dealkylation sites (N-methyl/N-ethyl adjacent to an activating group) is 1. The van der Waals surface area contributed by atoms with Crippen molar-refractivity contribution in [3.8, 4) is 0 Å². The summed E-state index contributed by atoms with van der Waals surface area (Å²) < 4.78 is 1.28. The van der Waals surface area contributed by atoms with Crippen LogP contribution in [0.5, 0.6) is 0 Å². The molecule has 0 radical (unpaired) electrons. The highest BCUT2D eigenvalue weighted by atomic mass is 127. The van der Waals surface area contributed by atoms with Crippen molar-refractivity contribution in [1.29, 1.82) is 0 Å². The molecule has 0 aliphatic heterocycles. The largest absolute Gasteiger partial charge is 0.310 e. The first-order valence-electron chi connectivity index (χ1n) is 6.61. The van der Waals surface area contributed by atoms with Crippen molar-refractivity contribution in [3.05, 3.63) is 63.5 Å². The molecule has 2 aromatic rings. The van der Waals surface area contributed by atoms with Crippen molar-refractivity contribution in [2.24, 2.45) is 0 Å². The monoisotopic (exact) mass is 366 g/mol. The van der Waals surface area contributed by atoms with E-state index in [-0.39, 0.29) is 0 Å². The number of nitrogens with zero attached hydrogens (tertiary/aromatic N) is 1. The Labute approximate surface area is 128 Å². The lowest BCUT2D eigenvalue weighted by molar-refractivity contribution is 0.479. The summed E-state index contributed by atoms with van der Waals surface area (Å²) in [6.45, 7) is 5.38. The first kappa shape index (κ1) is 14.5. The van der Waals surface area contributed by atoms with Crippen LogP contribution in [-0.4, -0.2) is 11.5 Å². The molecular weight excluding hydrogens is 347 g/mol. The van der Waals surface area contributed by atoms with Gasteiger partial charge in [0.15, 0.2) is 0 Å². The number of pyridine rings is 1. The maximum Gasteiger partial charge on any atom is 0.0387 e. The average Bonchev–Trinajstić information content (AvgIpc) is 2.45. The van der Waals surface area contributed by atoms with E-state index in [2.05, 4.69) is 83.1 Å². The van der Waals surface area contributed by atoms with Crippen molar-refractivity contribution in [3.63, 3.8) is 0 Å². The lowest BCUT2D eigenvalue weighted by Crippen LogP contribution is -2.25. The second-order valence-electron chi connectivity index (χ2n) is 4.66. The highest BCUT2D eigenvalue weighted by Gasteiger charge is 2.19. The summed E-state index contributed by atoms with van der Waals surface area (Å²) in [5.74, 6) is 0.418. The number of hydrogen-bond acceptors (Lipinski definition) is 2. The van der Waals surface area contributed by atoms with E-state index in [4.69, 9.17) is 0 Å². The van der Waals surface area contributed by atoms with Crippen LogP contribution in [0.1, 0.15) is 36.9 Å². The number of aromatic nitrogens is 1. The zero-order valence-electron chi connectivity index (χ0n) is 11.3. The van der Waals surface area contributed by atoms with E-state index >= 15 is 0 Å². The number of nitrogens with one attached hydrogen (secondary N) is 1. The third-order valence-electron chi connectivity index (χ3n) is 3.36. The fourth-order valence-corrected chi connectivity index (χ4v) is 2.93. The van der Waals surface area contributed by atoms with E-state index < -0.39 is 0 Å². The normalized spacial score (nSPS) is 14.1. The Hall–Kier alpha value is -0.940. The molecule has 19 heavy (non-hydrogen) atoms. The minimum atomic E-state index is 0.335. The first-order chi connectivity index (χ1) is 9.22. The van der Waals surface area contributed by atoms with Crippen molar-refractivity contribution in [2.45, 2.75) is 25.8 Å². The first-order valence-corrected chi connectivity index (χ1v) is 7.69. The van der Waals surface area contributed by atoms with Crippen LogP contribution in [0.3, 0.4) is 0 Å². The molecule has 2 atom stereocenters. The zero-order valence-corrected chi connectivity index (χ0v) is 13.5. The summed E-state index contributed by atoms with van der Waals surface area (Å²) in [6, 6.07) is 13.2. The van der Waals surface area contributed by atoms with E-state index in [0.717, 1.165) is 6.54 Å². The van der Waals surface area contributed by atoms with Crippen LogP contribution in [0.2, 0.25) is 0 Å². The molecule has 0 saturated carbocycles. The highest BCUT2D eigenvalue weighted by molar-refractivity contribution is 14.1. The van der Waals surface area contributed by atoms with Gasteiger partial charge in [-0.1, -0.05) is 26.0 Å². The van der Waals surface area contributed by atoms with Crippen LogP contribution < -0.4 is 5.32 Å². The lowest BCUT2D eigenvalue weighted by Gasteiger charge is -2.26. The molecule has 100 valence electrons. The third-order valence-corrected chi connectivity index (χ3v) is 4.03. The SMILES string of the molecule is CCNC(c1cccc(I)c1)C(C)c1ccncc1. The summed E-state index contributed by atoms with van der Waals surface area (Å²) in [5, 5.41) is 3.60. The van der Waals surface area contributed by atoms with Gasteiger partial charge in [0, 0.05) is 27.9 Å². The van der Waals surface area contributed by atoms with E-state index in [9.17, 15) is 0 Å². The second-order valence-corrected chi connectivity index (χ2v) is 5.91. The van der Waals surface area contributed by atoms with Gasteiger partial charge in [-0.15, -0.1) is 0 Å². The van der Waals surface area contributed by atoms with Gasteiger partial charge in [0.2, 0.25) is 0 Å². The maximum atomic E-state index is 4.10. The standard InChI is InChI=1S/C16H19IN2/c1-3-19-16(14-5-4-6-15(17)11-14)12(2)13-7-9-18-10-8-13/h4-12,16,19H,3H2,1-2H3. The van der Waals surface area contributed by atoms with Crippen LogP contribution in [-0.2, 0) is 0 Å². The van der Waals surface area contributed by atoms with Crippen molar-refractivity contribution in [1.82, 2.24) is 10.3 Å². The van der Waals surface area contributed by atoms with Crippen LogP contribution >= 0.6 is 22.6 Å². The molecule has 0 fully saturated rings. The predicted molar refractivity (Wildman–Crippen MR) is 88.2 cm³/mol. The smallest absolute Gasteiger partial charge is 0.0387 e. The minimum Gasteiger partial charge on any atom is -0.310 e. The summed E-state index contributed by atoms with van der Waals surface area (Å²) in [5.41, 5.74) is 2.66. The van der Waals surface area contributed by atoms with Crippen LogP contribution in [0.4, 0.5) is 0 Å². The number of benzene rings is 1. The van der Waals surface area contributed by atoms with Crippen molar-refractivity contribution >= 4 is 22.6 Å². The molecule has 2 nitrogen and oxygen atoms in total. The van der Waals surface area contributed by atoms with E-state index in [0.29, 0.717) is 12.0 Å². The van der Waals surface area contributed by atoms with Gasteiger partial charge in [-0.2, -0.15) is 0 Å². The molecular formula is C16H19IN2. The molecule has 0 aliphatic carbocycles. The molecule has 0 saturated heterocycles. The van der Waals surface area contributed by atoms with Crippen LogP contribution in [0.25, 0.3) is 0 Å². The Morgan fingerprint density at radius 2 is 1.89 bits per heavy atom. The van der Waals surface area contributed by atoms with Gasteiger partial charge < -0.3 is 5.32 Å². The topological polar surface area (TPSA) is 24.9 Å². The van der Waals surface area contributed by atoms with E-state index in [1.54, 1.807) is 0 Å². The summed E-state index contributed by atoms with van der Waals surface area (Å²) in [6.07, 6.45) is 3.73. The van der Waals surface area contributed by atoms with Gasteiger partial charge in [0.1, 0.15) is 0 Å². The van der Waals surface area contributed by atoms with E-state index in [1.807, 2.05) is 12.4 Å². The Balaban J connectivity index is 2.30. The van der Waals surface area contributed by atoms with Gasteiger partial charge >= 0.3 is 0 Å². The van der Waals surface area contributed by atoms with Gasteiger partial charge in [0.25, 0.3) is 0 Å². The van der Waals surface area contributed by atoms with Gasteiger partial charge in [0.05, 0.1) is 0 Å². The lowest BCUT2D eigenvalue weighted by atomic mass is 9.89. The summed E-state index contributed by atoms with van der Waals surface area (Å²) in [7, 11) is 0. The summed E-state index contributed by atoms with van der Waals surface area (Å²) >= 11 is 2.37. The van der Waals surface area contributed by atoms with Gasteiger partial charge in [-0.3, -0.25) is 4.98 Å². The number of rotatable bonds is 5. The average molecular weight is 366 g/mol. The quantitative estimate of drug-likeness (QED) is 0.805. The highest BCUT2D eigenvalue weighted by Crippen LogP contribution is 2.30. The molecule has 1 heterocycles. The fourth-order valence-electron chi connectivity index (χ4n) is 2.36. The molecule has 1 aromatic heterocycles. The Morgan fingerprint density at radius 3 is 2.53 bits per heavy atom. The molecule has 0 bridgehead atoms. The van der Waals surface area contributed by atoms with Crippen molar-refractivity contribution < 1.29 is 0 Å². The molecule has 1 aromatic carbocycles. The van der Waals surface area contributed by atoms with Crippen LogP contribution in [0.15, 0.2) is 48.8 Å².